The van der Waals surface area contributed by atoms with Crippen LogP contribution in [0, 0.1) is 0 Å². The van der Waals surface area contributed by atoms with Gasteiger partial charge in [-0.2, -0.15) is 0 Å². The number of halogens is 1. The molecule has 1 heterocycles. The van der Waals surface area contributed by atoms with E-state index in [1.807, 2.05) is 6.92 Å². The second kappa shape index (κ2) is 5.69. The monoisotopic (exact) mass is 288 g/mol. The van der Waals surface area contributed by atoms with E-state index in [9.17, 15) is 9.59 Å². The van der Waals surface area contributed by atoms with Crippen molar-refractivity contribution in [1.29, 1.82) is 0 Å². The van der Waals surface area contributed by atoms with Crippen molar-refractivity contribution in [3.8, 4) is 0 Å². The Kier molecular flexibility index (Phi) is 4.54. The van der Waals surface area contributed by atoms with Crippen molar-refractivity contribution >= 4 is 27.7 Å². The van der Waals surface area contributed by atoms with Crippen molar-refractivity contribution in [1.82, 2.24) is 10.6 Å². The fraction of sp³-hybridized carbons (Fsp3) is 0.400. The molecule has 1 atom stereocenters. The van der Waals surface area contributed by atoms with Crippen LogP contribution in [0.2, 0.25) is 0 Å². The van der Waals surface area contributed by atoms with E-state index < -0.39 is 6.04 Å². The molecule has 0 saturated carbocycles. The van der Waals surface area contributed by atoms with Gasteiger partial charge in [0.15, 0.2) is 4.67 Å². The summed E-state index contributed by atoms with van der Waals surface area (Å²) in [6.07, 6.45) is 1.32. The van der Waals surface area contributed by atoms with Gasteiger partial charge in [-0.1, -0.05) is 0 Å². The Hall–Kier alpha value is -1.30. The third kappa shape index (κ3) is 3.37. The maximum Gasteiger partial charge on any atom is 0.255 e. The van der Waals surface area contributed by atoms with Gasteiger partial charge in [0.05, 0.1) is 5.56 Å². The van der Waals surface area contributed by atoms with E-state index in [1.165, 1.54) is 6.26 Å². The van der Waals surface area contributed by atoms with Crippen LogP contribution in [0.25, 0.3) is 0 Å². The summed E-state index contributed by atoms with van der Waals surface area (Å²) in [5.41, 5.74) is 0.378. The summed E-state index contributed by atoms with van der Waals surface area (Å²) in [6, 6.07) is 0.973. The summed E-state index contributed by atoms with van der Waals surface area (Å²) in [7, 11) is 0. The topological polar surface area (TPSA) is 71.3 Å². The number of hydrogen-bond donors (Lipinski definition) is 2. The molecule has 0 unspecified atom stereocenters. The van der Waals surface area contributed by atoms with Crippen LogP contribution in [0.4, 0.5) is 0 Å². The standard InChI is InChI=1S/C10H13BrN2O3/c1-3-12-9(14)6(2)13-10(15)7-4-8(11)16-5-7/h4-6H,3H2,1-2H3,(H,12,14)(H,13,15)/t6-/m1/s1. The van der Waals surface area contributed by atoms with Crippen molar-refractivity contribution in [3.05, 3.63) is 22.6 Å². The van der Waals surface area contributed by atoms with Crippen LogP contribution in [0.3, 0.4) is 0 Å². The lowest BCUT2D eigenvalue weighted by atomic mass is 10.2. The predicted molar refractivity (Wildman–Crippen MR) is 62.0 cm³/mol. The minimum absolute atomic E-state index is 0.210. The van der Waals surface area contributed by atoms with E-state index in [0.29, 0.717) is 16.8 Å². The van der Waals surface area contributed by atoms with Gasteiger partial charge in [-0.25, -0.2) is 0 Å². The molecule has 0 aliphatic rings. The maximum atomic E-state index is 11.6. The Morgan fingerprint density at radius 1 is 1.56 bits per heavy atom. The second-order valence-electron chi connectivity index (χ2n) is 3.23. The van der Waals surface area contributed by atoms with Crippen LogP contribution in [-0.4, -0.2) is 24.4 Å². The second-order valence-corrected chi connectivity index (χ2v) is 4.01. The molecular formula is C10H13BrN2O3. The summed E-state index contributed by atoms with van der Waals surface area (Å²) in [4.78, 5) is 23.0. The summed E-state index contributed by atoms with van der Waals surface area (Å²) in [5, 5.41) is 5.18. The Morgan fingerprint density at radius 3 is 2.75 bits per heavy atom. The van der Waals surface area contributed by atoms with Crippen LogP contribution >= 0.6 is 15.9 Å². The highest BCUT2D eigenvalue weighted by Crippen LogP contribution is 2.13. The van der Waals surface area contributed by atoms with Gasteiger partial charge >= 0.3 is 0 Å². The average molecular weight is 289 g/mol. The highest BCUT2D eigenvalue weighted by molar-refractivity contribution is 9.10. The number of nitrogens with one attached hydrogen (secondary N) is 2. The van der Waals surface area contributed by atoms with E-state index in [4.69, 9.17) is 4.42 Å². The van der Waals surface area contributed by atoms with Crippen molar-refractivity contribution in [2.75, 3.05) is 6.54 Å². The van der Waals surface area contributed by atoms with Crippen LogP contribution in [0.15, 0.2) is 21.4 Å². The molecule has 0 saturated heterocycles. The summed E-state index contributed by atoms with van der Waals surface area (Å²) in [6.45, 7) is 3.98. The zero-order valence-corrected chi connectivity index (χ0v) is 10.6. The minimum Gasteiger partial charge on any atom is -0.457 e. The molecule has 0 spiro atoms. The molecule has 2 N–H and O–H groups in total. The number of carbonyl (C=O) groups excluding carboxylic acids is 2. The zero-order valence-electron chi connectivity index (χ0n) is 9.04. The molecule has 1 aromatic rings. The summed E-state index contributed by atoms with van der Waals surface area (Å²) in [5.74, 6) is -0.549. The Balaban J connectivity index is 2.54. The van der Waals surface area contributed by atoms with Crippen LogP contribution < -0.4 is 10.6 Å². The number of hydrogen-bond acceptors (Lipinski definition) is 3. The number of likely N-dealkylation sites (N-methyl/N-ethyl adjacent to an activating group) is 1. The van der Waals surface area contributed by atoms with Gasteiger partial charge < -0.3 is 15.1 Å². The lowest BCUT2D eigenvalue weighted by Crippen LogP contribution is -2.44. The average Bonchev–Trinajstić information content (AvgIpc) is 2.65. The molecule has 6 heteroatoms. The highest BCUT2D eigenvalue weighted by atomic mass is 79.9. The first-order valence-electron chi connectivity index (χ1n) is 4.87. The summed E-state index contributed by atoms with van der Waals surface area (Å²) < 4.78 is 5.41. The minimum atomic E-state index is -0.568. The van der Waals surface area contributed by atoms with E-state index >= 15 is 0 Å². The molecule has 0 aliphatic carbocycles. The Labute approximate surface area is 102 Å². The smallest absolute Gasteiger partial charge is 0.255 e. The van der Waals surface area contributed by atoms with Crippen molar-refractivity contribution < 1.29 is 14.0 Å². The van der Waals surface area contributed by atoms with Crippen molar-refractivity contribution in [2.45, 2.75) is 19.9 Å². The quantitative estimate of drug-likeness (QED) is 0.877. The Bertz CT molecular complexity index is 389. The van der Waals surface area contributed by atoms with Crippen LogP contribution in [0.5, 0.6) is 0 Å². The first kappa shape index (κ1) is 12.8. The maximum absolute atomic E-state index is 11.6. The van der Waals surface area contributed by atoms with Gasteiger partial charge in [-0.05, 0) is 29.8 Å². The van der Waals surface area contributed by atoms with Crippen LogP contribution in [0.1, 0.15) is 24.2 Å². The van der Waals surface area contributed by atoms with Gasteiger partial charge in [-0.3, -0.25) is 9.59 Å². The summed E-state index contributed by atoms with van der Waals surface area (Å²) >= 11 is 3.09. The van der Waals surface area contributed by atoms with Gasteiger partial charge in [-0.15, -0.1) is 0 Å². The number of furan rings is 1. The molecule has 5 nitrogen and oxygen atoms in total. The molecular weight excluding hydrogens is 276 g/mol. The lowest BCUT2D eigenvalue weighted by molar-refractivity contribution is -0.122. The predicted octanol–water partition coefficient (Wildman–Crippen LogP) is 1.30. The Morgan fingerprint density at radius 2 is 2.25 bits per heavy atom. The van der Waals surface area contributed by atoms with Gasteiger partial charge in [0.2, 0.25) is 5.91 Å². The molecule has 0 aliphatic heterocycles. The SMILES string of the molecule is CCNC(=O)[C@@H](C)NC(=O)c1coc(Br)c1. The lowest BCUT2D eigenvalue weighted by Gasteiger charge is -2.12. The van der Waals surface area contributed by atoms with E-state index in [-0.39, 0.29) is 11.8 Å². The zero-order chi connectivity index (χ0) is 12.1. The molecule has 88 valence electrons. The molecule has 1 aromatic heterocycles. The normalized spacial score (nSPS) is 11.9. The van der Waals surface area contributed by atoms with Crippen molar-refractivity contribution in [2.24, 2.45) is 0 Å². The fourth-order valence-corrected chi connectivity index (χ4v) is 1.44. The molecule has 0 radical (unpaired) electrons. The van der Waals surface area contributed by atoms with Gasteiger partial charge in [0.1, 0.15) is 12.3 Å². The third-order valence-electron chi connectivity index (χ3n) is 1.92. The van der Waals surface area contributed by atoms with Crippen LogP contribution in [-0.2, 0) is 4.79 Å². The van der Waals surface area contributed by atoms with Crippen molar-refractivity contribution in [3.63, 3.8) is 0 Å². The van der Waals surface area contributed by atoms with E-state index in [2.05, 4.69) is 26.6 Å². The molecule has 1 rings (SSSR count). The van der Waals surface area contributed by atoms with Gasteiger partial charge in [0, 0.05) is 12.6 Å². The largest absolute Gasteiger partial charge is 0.457 e. The molecule has 0 fully saturated rings. The highest BCUT2D eigenvalue weighted by Gasteiger charge is 2.16. The van der Waals surface area contributed by atoms with E-state index in [1.54, 1.807) is 13.0 Å². The van der Waals surface area contributed by atoms with E-state index in [0.717, 1.165) is 0 Å². The fourth-order valence-electron chi connectivity index (χ4n) is 1.10. The first-order chi connectivity index (χ1) is 7.54. The molecule has 2 amide bonds. The first-order valence-corrected chi connectivity index (χ1v) is 5.66. The molecule has 16 heavy (non-hydrogen) atoms. The number of rotatable bonds is 4. The molecule has 0 bridgehead atoms. The number of amides is 2. The third-order valence-corrected chi connectivity index (χ3v) is 2.34. The van der Waals surface area contributed by atoms with Gasteiger partial charge in [0.25, 0.3) is 5.91 Å². The molecule has 0 aromatic carbocycles. The number of carbonyl (C=O) groups is 2.